The van der Waals surface area contributed by atoms with Crippen LogP contribution in [0.1, 0.15) is 5.56 Å². The number of hydrogen-bond acceptors (Lipinski definition) is 4. The zero-order valence-corrected chi connectivity index (χ0v) is 12.4. The molecule has 0 aliphatic heterocycles. The van der Waals surface area contributed by atoms with Gasteiger partial charge in [-0.3, -0.25) is 0 Å². The first-order valence-corrected chi connectivity index (χ1v) is 8.42. The maximum Gasteiger partial charge on any atom is 0.177 e. The molecule has 0 saturated carbocycles. The number of para-hydroxylation sites is 1. The third-order valence-electron chi connectivity index (χ3n) is 2.64. The molecule has 2 aromatic rings. The van der Waals surface area contributed by atoms with E-state index in [0.29, 0.717) is 5.69 Å². The molecule has 0 amide bonds. The van der Waals surface area contributed by atoms with E-state index in [1.807, 2.05) is 37.3 Å². The molecule has 0 saturated heterocycles. The third-order valence-corrected chi connectivity index (χ3v) is 4.86. The zero-order chi connectivity index (χ0) is 14.0. The summed E-state index contributed by atoms with van der Waals surface area (Å²) in [6, 6.07) is 13.1. The van der Waals surface area contributed by atoms with Gasteiger partial charge < -0.3 is 5.73 Å². The Bertz CT molecular complexity index is 709. The molecule has 5 heteroatoms. The van der Waals surface area contributed by atoms with E-state index in [2.05, 4.69) is 0 Å². The minimum atomic E-state index is -3.29. The SMILES string of the molecule is Cc1cccc(Sc2cccc(S(C)(=O)=O)c2N)c1. The normalized spacial score (nSPS) is 11.5. The van der Waals surface area contributed by atoms with E-state index >= 15 is 0 Å². The number of benzene rings is 2. The molecule has 0 aliphatic rings. The highest BCUT2D eigenvalue weighted by atomic mass is 32.2. The molecular formula is C14H15NO2S2. The van der Waals surface area contributed by atoms with Crippen LogP contribution in [0, 0.1) is 6.92 Å². The highest BCUT2D eigenvalue weighted by Crippen LogP contribution is 2.35. The van der Waals surface area contributed by atoms with Crippen LogP contribution in [0.15, 0.2) is 57.2 Å². The van der Waals surface area contributed by atoms with Gasteiger partial charge in [0.25, 0.3) is 0 Å². The highest BCUT2D eigenvalue weighted by molar-refractivity contribution is 7.99. The van der Waals surface area contributed by atoms with Crippen molar-refractivity contribution in [3.63, 3.8) is 0 Å². The molecular weight excluding hydrogens is 278 g/mol. The standard InChI is InChI=1S/C14H15NO2S2/c1-10-5-3-6-11(9-10)18-12-7-4-8-13(14(12)15)19(2,16)17/h3-9H,15H2,1-2H3. The number of hydrogen-bond donors (Lipinski definition) is 1. The summed E-state index contributed by atoms with van der Waals surface area (Å²) in [4.78, 5) is 1.98. The van der Waals surface area contributed by atoms with Gasteiger partial charge in [-0.2, -0.15) is 0 Å². The van der Waals surface area contributed by atoms with Crippen molar-refractivity contribution in [3.8, 4) is 0 Å². The van der Waals surface area contributed by atoms with Crippen LogP contribution in [0.4, 0.5) is 5.69 Å². The Balaban J connectivity index is 2.42. The molecule has 19 heavy (non-hydrogen) atoms. The van der Waals surface area contributed by atoms with E-state index in [0.717, 1.165) is 15.4 Å². The maximum atomic E-state index is 11.6. The zero-order valence-electron chi connectivity index (χ0n) is 10.8. The Hall–Kier alpha value is -1.46. The first-order valence-electron chi connectivity index (χ1n) is 5.71. The van der Waals surface area contributed by atoms with Crippen LogP contribution in [0.2, 0.25) is 0 Å². The summed E-state index contributed by atoms with van der Waals surface area (Å²) in [7, 11) is -3.29. The smallest absolute Gasteiger partial charge is 0.177 e. The number of rotatable bonds is 3. The van der Waals surface area contributed by atoms with Crippen LogP contribution in [0.3, 0.4) is 0 Å². The molecule has 0 bridgehead atoms. The lowest BCUT2D eigenvalue weighted by atomic mass is 10.2. The van der Waals surface area contributed by atoms with Crippen molar-refractivity contribution in [2.45, 2.75) is 21.6 Å². The van der Waals surface area contributed by atoms with Crippen molar-refractivity contribution in [1.82, 2.24) is 0 Å². The fourth-order valence-corrected chi connectivity index (χ4v) is 3.65. The Morgan fingerprint density at radius 1 is 1.11 bits per heavy atom. The molecule has 0 spiro atoms. The molecule has 2 N–H and O–H groups in total. The van der Waals surface area contributed by atoms with Crippen LogP contribution in [-0.4, -0.2) is 14.7 Å². The van der Waals surface area contributed by atoms with Crippen LogP contribution in [0.25, 0.3) is 0 Å². The summed E-state index contributed by atoms with van der Waals surface area (Å²) in [5, 5.41) is 0. The van der Waals surface area contributed by atoms with Crippen LogP contribution in [-0.2, 0) is 9.84 Å². The molecule has 100 valence electrons. The minimum Gasteiger partial charge on any atom is -0.397 e. The molecule has 2 rings (SSSR count). The van der Waals surface area contributed by atoms with Crippen molar-refractivity contribution in [2.75, 3.05) is 12.0 Å². The summed E-state index contributed by atoms with van der Waals surface area (Å²) < 4.78 is 23.2. The Morgan fingerprint density at radius 3 is 2.42 bits per heavy atom. The number of nitrogens with two attached hydrogens (primary N) is 1. The van der Waals surface area contributed by atoms with Gasteiger partial charge in [-0.15, -0.1) is 0 Å². The fraction of sp³-hybridized carbons (Fsp3) is 0.143. The van der Waals surface area contributed by atoms with Gasteiger partial charge in [0.1, 0.15) is 0 Å². The number of nitrogen functional groups attached to an aromatic ring is 1. The van der Waals surface area contributed by atoms with E-state index in [9.17, 15) is 8.42 Å². The predicted octanol–water partition coefficient (Wildman–Crippen LogP) is 3.13. The lowest BCUT2D eigenvalue weighted by Crippen LogP contribution is -2.03. The van der Waals surface area contributed by atoms with Gasteiger partial charge >= 0.3 is 0 Å². The lowest BCUT2D eigenvalue weighted by Gasteiger charge is -2.09. The second-order valence-corrected chi connectivity index (χ2v) is 7.46. The molecule has 3 nitrogen and oxygen atoms in total. The molecule has 0 atom stereocenters. The Labute approximate surface area is 117 Å². The Morgan fingerprint density at radius 2 is 1.79 bits per heavy atom. The Kier molecular flexibility index (Phi) is 3.87. The van der Waals surface area contributed by atoms with Gasteiger partial charge in [0.05, 0.1) is 10.6 Å². The second kappa shape index (κ2) is 5.27. The first-order chi connectivity index (χ1) is 8.88. The maximum absolute atomic E-state index is 11.6. The average Bonchev–Trinajstić information content (AvgIpc) is 2.30. The van der Waals surface area contributed by atoms with Gasteiger partial charge in [0, 0.05) is 16.0 Å². The molecule has 0 aromatic heterocycles. The predicted molar refractivity (Wildman–Crippen MR) is 79.3 cm³/mol. The quantitative estimate of drug-likeness (QED) is 0.883. The summed E-state index contributed by atoms with van der Waals surface area (Å²) in [6.07, 6.45) is 1.17. The summed E-state index contributed by atoms with van der Waals surface area (Å²) in [5.74, 6) is 0. The van der Waals surface area contributed by atoms with Gasteiger partial charge in [0.2, 0.25) is 0 Å². The molecule has 0 fully saturated rings. The monoisotopic (exact) mass is 293 g/mol. The first kappa shape index (κ1) is 14.0. The second-order valence-electron chi connectivity index (χ2n) is 4.36. The number of aryl methyl sites for hydroxylation is 1. The van der Waals surface area contributed by atoms with Gasteiger partial charge in [-0.25, -0.2) is 8.42 Å². The average molecular weight is 293 g/mol. The molecule has 0 unspecified atom stereocenters. The van der Waals surface area contributed by atoms with E-state index in [-0.39, 0.29) is 4.90 Å². The summed E-state index contributed by atoms with van der Waals surface area (Å²) >= 11 is 1.47. The highest BCUT2D eigenvalue weighted by Gasteiger charge is 2.14. The number of anilines is 1. The van der Waals surface area contributed by atoms with Crippen molar-refractivity contribution in [2.24, 2.45) is 0 Å². The van der Waals surface area contributed by atoms with Gasteiger partial charge in [-0.1, -0.05) is 35.5 Å². The largest absolute Gasteiger partial charge is 0.397 e. The van der Waals surface area contributed by atoms with Gasteiger partial charge in [-0.05, 0) is 31.2 Å². The number of sulfone groups is 1. The van der Waals surface area contributed by atoms with Crippen molar-refractivity contribution < 1.29 is 8.42 Å². The van der Waals surface area contributed by atoms with Crippen molar-refractivity contribution in [1.29, 1.82) is 0 Å². The van der Waals surface area contributed by atoms with Crippen molar-refractivity contribution >= 4 is 27.3 Å². The van der Waals surface area contributed by atoms with E-state index < -0.39 is 9.84 Å². The molecule has 2 aromatic carbocycles. The lowest BCUT2D eigenvalue weighted by molar-refractivity contribution is 0.602. The van der Waals surface area contributed by atoms with Gasteiger partial charge in [0.15, 0.2) is 9.84 Å². The molecule has 0 aliphatic carbocycles. The van der Waals surface area contributed by atoms with Crippen LogP contribution >= 0.6 is 11.8 Å². The summed E-state index contributed by atoms with van der Waals surface area (Å²) in [6.45, 7) is 2.01. The van der Waals surface area contributed by atoms with E-state index in [4.69, 9.17) is 5.73 Å². The molecule has 0 heterocycles. The minimum absolute atomic E-state index is 0.185. The fourth-order valence-electron chi connectivity index (χ4n) is 1.74. The summed E-state index contributed by atoms with van der Waals surface area (Å²) in [5.41, 5.74) is 7.43. The van der Waals surface area contributed by atoms with E-state index in [1.165, 1.54) is 24.1 Å². The van der Waals surface area contributed by atoms with E-state index in [1.54, 1.807) is 6.07 Å². The third kappa shape index (κ3) is 3.30. The van der Waals surface area contributed by atoms with Crippen molar-refractivity contribution in [3.05, 3.63) is 48.0 Å². The van der Waals surface area contributed by atoms with Crippen LogP contribution in [0.5, 0.6) is 0 Å². The molecule has 0 radical (unpaired) electrons. The topological polar surface area (TPSA) is 60.2 Å². The van der Waals surface area contributed by atoms with Crippen LogP contribution < -0.4 is 5.73 Å².